The zero-order valence-corrected chi connectivity index (χ0v) is 22.7. The number of rotatable bonds is 9. The number of fused-ring (bicyclic) bond motifs is 5. The molecule has 34 heavy (non-hydrogen) atoms. The third kappa shape index (κ3) is 4.84. The Kier molecular flexibility index (Phi) is 6.75. The molecule has 1 N–H and O–H groups in total. The Balaban J connectivity index is 1.67. The summed E-state index contributed by atoms with van der Waals surface area (Å²) in [4.78, 5) is 16.5. The largest absolute Gasteiger partial charge is 0.360 e. The van der Waals surface area contributed by atoms with Crippen molar-refractivity contribution in [2.24, 2.45) is 0 Å². The summed E-state index contributed by atoms with van der Waals surface area (Å²) in [5.41, 5.74) is 7.52. The third-order valence-electron chi connectivity index (χ3n) is 7.12. The van der Waals surface area contributed by atoms with Gasteiger partial charge in [-0.3, -0.25) is 4.79 Å². The summed E-state index contributed by atoms with van der Waals surface area (Å²) in [6.45, 7) is 18.3. The number of benzene rings is 1. The minimum Gasteiger partial charge on any atom is -0.360 e. The summed E-state index contributed by atoms with van der Waals surface area (Å²) in [6.07, 6.45) is 7.37. The van der Waals surface area contributed by atoms with Crippen molar-refractivity contribution in [3.8, 4) is 11.4 Å². The first-order valence-corrected chi connectivity index (χ1v) is 16.2. The van der Waals surface area contributed by atoms with Gasteiger partial charge in [-0.2, -0.15) is 5.10 Å². The van der Waals surface area contributed by atoms with Crippen molar-refractivity contribution in [2.45, 2.75) is 84.3 Å². The quantitative estimate of drug-likeness (QED) is 0.216. The SMILES string of the molecule is C=CCC(=O)C(C)(C)c1cc2[nH]c3c(c2cc1C)CCCc1cn(COCC[Si](C)(C)C)nc1-3. The number of aryl methyl sites for hydroxylation is 3. The van der Waals surface area contributed by atoms with Gasteiger partial charge in [0.15, 0.2) is 0 Å². The monoisotopic (exact) mass is 477 g/mol. The molecule has 6 heteroatoms. The van der Waals surface area contributed by atoms with Gasteiger partial charge in [-0.15, -0.1) is 6.58 Å². The first-order valence-electron chi connectivity index (χ1n) is 12.5. The van der Waals surface area contributed by atoms with Gasteiger partial charge >= 0.3 is 0 Å². The van der Waals surface area contributed by atoms with Gasteiger partial charge in [0.05, 0.1) is 5.69 Å². The lowest BCUT2D eigenvalue weighted by Gasteiger charge is -2.25. The normalized spacial score (nSPS) is 14.1. The number of H-pyrrole nitrogens is 1. The molecular weight excluding hydrogens is 438 g/mol. The van der Waals surface area contributed by atoms with E-state index in [1.54, 1.807) is 6.08 Å². The number of ether oxygens (including phenoxy) is 1. The summed E-state index contributed by atoms with van der Waals surface area (Å²) >= 11 is 0. The van der Waals surface area contributed by atoms with Crippen LogP contribution in [0.2, 0.25) is 25.7 Å². The number of allylic oxidation sites excluding steroid dienone is 1. The van der Waals surface area contributed by atoms with E-state index in [1.807, 2.05) is 18.5 Å². The molecule has 1 aromatic carbocycles. The van der Waals surface area contributed by atoms with Gasteiger partial charge in [0.25, 0.3) is 0 Å². The van der Waals surface area contributed by atoms with Crippen molar-refractivity contribution in [2.75, 3.05) is 6.61 Å². The van der Waals surface area contributed by atoms with Crippen LogP contribution < -0.4 is 0 Å². The molecule has 1 aliphatic rings. The molecule has 0 saturated carbocycles. The van der Waals surface area contributed by atoms with Crippen LogP contribution in [0.15, 0.2) is 31.0 Å². The van der Waals surface area contributed by atoms with Crippen molar-refractivity contribution in [3.05, 3.63) is 53.2 Å². The van der Waals surface area contributed by atoms with Gasteiger partial charge in [0.2, 0.25) is 0 Å². The second kappa shape index (κ2) is 9.31. The van der Waals surface area contributed by atoms with E-state index in [0.717, 1.165) is 59.9 Å². The maximum absolute atomic E-state index is 12.8. The molecule has 0 radical (unpaired) electrons. The Hall–Kier alpha value is -2.44. The van der Waals surface area contributed by atoms with Crippen molar-refractivity contribution in [3.63, 3.8) is 0 Å². The molecule has 1 aliphatic carbocycles. The number of aromatic nitrogens is 3. The summed E-state index contributed by atoms with van der Waals surface area (Å²) in [6, 6.07) is 5.59. The molecule has 0 aliphatic heterocycles. The number of nitrogens with one attached hydrogen (secondary N) is 1. The van der Waals surface area contributed by atoms with Crippen LogP contribution in [-0.2, 0) is 34.5 Å². The summed E-state index contributed by atoms with van der Waals surface area (Å²) in [5, 5.41) is 6.18. The lowest BCUT2D eigenvalue weighted by molar-refractivity contribution is -0.122. The first-order chi connectivity index (χ1) is 16.0. The summed E-state index contributed by atoms with van der Waals surface area (Å²) < 4.78 is 7.90. The molecule has 0 bridgehead atoms. The third-order valence-corrected chi connectivity index (χ3v) is 8.82. The van der Waals surface area contributed by atoms with Crippen LogP contribution >= 0.6 is 0 Å². The zero-order valence-electron chi connectivity index (χ0n) is 21.7. The highest BCUT2D eigenvalue weighted by atomic mass is 28.3. The van der Waals surface area contributed by atoms with Gasteiger partial charge in [-0.1, -0.05) is 25.7 Å². The Morgan fingerprint density at radius 1 is 1.29 bits per heavy atom. The molecule has 2 aromatic heterocycles. The molecule has 0 fully saturated rings. The highest BCUT2D eigenvalue weighted by Gasteiger charge is 2.31. The predicted octanol–water partition coefficient (Wildman–Crippen LogP) is 6.56. The molecule has 182 valence electrons. The minimum absolute atomic E-state index is 0.188. The van der Waals surface area contributed by atoms with E-state index in [2.05, 4.69) is 56.5 Å². The number of nitrogens with zero attached hydrogens (tertiary/aromatic N) is 2. The van der Waals surface area contributed by atoms with Crippen LogP contribution in [0.5, 0.6) is 0 Å². The fourth-order valence-electron chi connectivity index (χ4n) is 4.99. The average molecular weight is 478 g/mol. The van der Waals surface area contributed by atoms with E-state index in [0.29, 0.717) is 13.2 Å². The van der Waals surface area contributed by atoms with Crippen LogP contribution in [0.25, 0.3) is 22.3 Å². The van der Waals surface area contributed by atoms with Crippen LogP contribution in [0, 0.1) is 6.92 Å². The average Bonchev–Trinajstić information content (AvgIpc) is 3.26. The number of hydrogen-bond acceptors (Lipinski definition) is 3. The smallest absolute Gasteiger partial charge is 0.146 e. The van der Waals surface area contributed by atoms with Crippen molar-refractivity contribution in [1.82, 2.24) is 14.8 Å². The number of aromatic amines is 1. The molecule has 0 unspecified atom stereocenters. The highest BCUT2D eigenvalue weighted by molar-refractivity contribution is 6.76. The number of carbonyl (C=O) groups is 1. The Labute approximate surface area is 204 Å². The molecule has 5 nitrogen and oxygen atoms in total. The second-order valence-corrected chi connectivity index (χ2v) is 17.1. The van der Waals surface area contributed by atoms with Gasteiger partial charge in [-0.25, -0.2) is 4.68 Å². The van der Waals surface area contributed by atoms with Crippen LogP contribution in [-0.4, -0.2) is 35.2 Å². The maximum atomic E-state index is 12.8. The van der Waals surface area contributed by atoms with E-state index in [-0.39, 0.29) is 5.78 Å². The molecule has 0 spiro atoms. The van der Waals surface area contributed by atoms with Crippen LogP contribution in [0.3, 0.4) is 0 Å². The fourth-order valence-corrected chi connectivity index (χ4v) is 5.75. The van der Waals surface area contributed by atoms with E-state index in [9.17, 15) is 4.79 Å². The Morgan fingerprint density at radius 3 is 2.76 bits per heavy atom. The lowest BCUT2D eigenvalue weighted by atomic mass is 9.77. The zero-order chi connectivity index (χ0) is 24.7. The van der Waals surface area contributed by atoms with Gasteiger partial charge in [0, 0.05) is 43.6 Å². The van der Waals surface area contributed by atoms with Gasteiger partial charge in [0.1, 0.15) is 18.2 Å². The second-order valence-electron chi connectivity index (χ2n) is 11.5. The van der Waals surface area contributed by atoms with E-state index < -0.39 is 13.5 Å². The summed E-state index contributed by atoms with van der Waals surface area (Å²) in [5.74, 6) is 0.188. The molecule has 3 aromatic rings. The van der Waals surface area contributed by atoms with Gasteiger partial charge in [-0.05, 0) is 80.5 Å². The van der Waals surface area contributed by atoms with Crippen molar-refractivity contribution in [1.29, 1.82) is 0 Å². The maximum Gasteiger partial charge on any atom is 0.146 e. The minimum atomic E-state index is -1.10. The fraction of sp³-hybridized carbons (Fsp3) is 0.500. The molecular formula is C28H39N3O2Si. The molecule has 0 saturated heterocycles. The number of ketones is 1. The lowest BCUT2D eigenvalue weighted by Crippen LogP contribution is -2.29. The van der Waals surface area contributed by atoms with Crippen molar-refractivity contribution >= 4 is 24.8 Å². The molecule has 2 heterocycles. The van der Waals surface area contributed by atoms with Crippen LogP contribution in [0.1, 0.15) is 48.9 Å². The molecule has 4 rings (SSSR count). The Bertz CT molecular complexity index is 1230. The molecule has 0 atom stereocenters. The summed E-state index contributed by atoms with van der Waals surface area (Å²) in [7, 11) is -1.10. The topological polar surface area (TPSA) is 59.9 Å². The first kappa shape index (κ1) is 24.7. The van der Waals surface area contributed by atoms with E-state index >= 15 is 0 Å². The van der Waals surface area contributed by atoms with E-state index in [1.165, 1.54) is 16.5 Å². The van der Waals surface area contributed by atoms with Crippen LogP contribution in [0.4, 0.5) is 0 Å². The molecule has 0 amide bonds. The standard InChI is InChI=1S/C28H39N3O2Si/c1-8-10-25(32)28(3,4)23-16-24-22(15-19(23)2)21-12-9-11-20-17-31(30-26(20)27(21)29-24)18-33-13-14-34(5,6)7/h8,15-17,29H,1,9-14,18H2,2-7H3. The van der Waals surface area contributed by atoms with Crippen molar-refractivity contribution < 1.29 is 9.53 Å². The van der Waals surface area contributed by atoms with E-state index in [4.69, 9.17) is 9.84 Å². The Morgan fingerprint density at radius 2 is 2.06 bits per heavy atom. The number of hydrogen-bond donors (Lipinski definition) is 1. The highest BCUT2D eigenvalue weighted by Crippen LogP contribution is 2.39. The predicted molar refractivity (Wildman–Crippen MR) is 143 cm³/mol. The van der Waals surface area contributed by atoms with Gasteiger partial charge < -0.3 is 9.72 Å². The number of Topliss-reactive ketones (excluding diaryl/α,β-unsaturated/α-hetero) is 1. The number of carbonyl (C=O) groups excluding carboxylic acids is 1.